The Morgan fingerprint density at radius 1 is 1.37 bits per heavy atom. The second-order valence-corrected chi connectivity index (χ2v) is 5.91. The fourth-order valence-corrected chi connectivity index (χ4v) is 2.91. The second kappa shape index (κ2) is 5.72. The first kappa shape index (κ1) is 12.6. The number of benzene rings is 1. The third-order valence-electron chi connectivity index (χ3n) is 3.36. The number of rotatable bonds is 4. The van der Waals surface area contributed by atoms with Gasteiger partial charge in [0.05, 0.1) is 16.8 Å². The summed E-state index contributed by atoms with van der Waals surface area (Å²) in [6.45, 7) is 3.84. The third-order valence-corrected chi connectivity index (χ3v) is 4.13. The Morgan fingerprint density at radius 3 is 2.84 bits per heavy atom. The van der Waals surface area contributed by atoms with Crippen molar-refractivity contribution in [2.24, 2.45) is 0 Å². The van der Waals surface area contributed by atoms with Crippen molar-refractivity contribution < 1.29 is 4.74 Å². The molecule has 1 N–H and O–H groups in total. The van der Waals surface area contributed by atoms with Crippen LogP contribution in [-0.4, -0.2) is 24.2 Å². The van der Waals surface area contributed by atoms with Crippen LogP contribution in [0.15, 0.2) is 29.6 Å². The summed E-state index contributed by atoms with van der Waals surface area (Å²) in [5.41, 5.74) is 3.38. The molecular weight excluding hydrogens is 256 g/mol. The standard InChI is InChI=1S/C15H18N2OS/c1-11-17-15(10-19-11)12-4-6-13(7-5-12)16-9-14-3-2-8-18-14/h4-7,10,14,16H,2-3,8-9H2,1H3. The van der Waals surface area contributed by atoms with Gasteiger partial charge in [-0.3, -0.25) is 0 Å². The Hall–Kier alpha value is -1.39. The molecule has 3 rings (SSSR count). The van der Waals surface area contributed by atoms with Crippen molar-refractivity contribution in [3.05, 3.63) is 34.7 Å². The van der Waals surface area contributed by atoms with Gasteiger partial charge < -0.3 is 10.1 Å². The van der Waals surface area contributed by atoms with E-state index in [0.29, 0.717) is 6.10 Å². The van der Waals surface area contributed by atoms with Crippen LogP contribution in [0.1, 0.15) is 17.8 Å². The quantitative estimate of drug-likeness (QED) is 0.923. The molecule has 0 spiro atoms. The average Bonchev–Trinajstić information content (AvgIpc) is 3.08. The van der Waals surface area contributed by atoms with E-state index < -0.39 is 0 Å². The molecule has 1 aliphatic heterocycles. The number of aryl methyl sites for hydroxylation is 1. The van der Waals surface area contributed by atoms with Gasteiger partial charge in [0.15, 0.2) is 0 Å². The Bertz CT molecular complexity index is 529. The van der Waals surface area contributed by atoms with E-state index in [2.05, 4.69) is 39.9 Å². The molecule has 100 valence electrons. The van der Waals surface area contributed by atoms with E-state index in [0.717, 1.165) is 29.5 Å². The van der Waals surface area contributed by atoms with Gasteiger partial charge >= 0.3 is 0 Å². The molecule has 0 radical (unpaired) electrons. The molecule has 1 aromatic carbocycles. The van der Waals surface area contributed by atoms with Crippen LogP contribution in [0.25, 0.3) is 11.3 Å². The molecule has 1 aliphatic rings. The number of ether oxygens (including phenoxy) is 1. The largest absolute Gasteiger partial charge is 0.382 e. The summed E-state index contributed by atoms with van der Waals surface area (Å²) in [7, 11) is 0. The summed E-state index contributed by atoms with van der Waals surface area (Å²) < 4.78 is 5.60. The SMILES string of the molecule is Cc1nc(-c2ccc(NCC3CCCO3)cc2)cs1. The third kappa shape index (κ3) is 3.14. The highest BCUT2D eigenvalue weighted by atomic mass is 32.1. The number of hydrogen-bond donors (Lipinski definition) is 1. The van der Waals surface area contributed by atoms with E-state index in [1.807, 2.05) is 6.92 Å². The maximum Gasteiger partial charge on any atom is 0.0901 e. The predicted octanol–water partition coefficient (Wildman–Crippen LogP) is 3.71. The minimum absolute atomic E-state index is 0.376. The summed E-state index contributed by atoms with van der Waals surface area (Å²) in [6.07, 6.45) is 2.73. The lowest BCUT2D eigenvalue weighted by molar-refractivity contribution is 0.120. The molecular formula is C15H18N2OS. The number of anilines is 1. The Balaban J connectivity index is 1.62. The van der Waals surface area contributed by atoms with Crippen molar-refractivity contribution in [1.29, 1.82) is 0 Å². The summed E-state index contributed by atoms with van der Waals surface area (Å²) in [5.74, 6) is 0. The highest BCUT2D eigenvalue weighted by molar-refractivity contribution is 7.09. The topological polar surface area (TPSA) is 34.2 Å². The molecule has 0 saturated carbocycles. The van der Waals surface area contributed by atoms with Gasteiger partial charge in [-0.2, -0.15) is 0 Å². The molecule has 2 heterocycles. The van der Waals surface area contributed by atoms with Crippen LogP contribution in [0.5, 0.6) is 0 Å². The van der Waals surface area contributed by atoms with Crippen molar-refractivity contribution in [1.82, 2.24) is 4.98 Å². The van der Waals surface area contributed by atoms with Gasteiger partial charge in [0.2, 0.25) is 0 Å². The van der Waals surface area contributed by atoms with E-state index in [9.17, 15) is 0 Å². The lowest BCUT2D eigenvalue weighted by atomic mass is 10.1. The Labute approximate surface area is 117 Å². The van der Waals surface area contributed by atoms with E-state index in [-0.39, 0.29) is 0 Å². The summed E-state index contributed by atoms with van der Waals surface area (Å²) in [4.78, 5) is 4.50. The molecule has 1 atom stereocenters. The molecule has 2 aromatic rings. The molecule has 19 heavy (non-hydrogen) atoms. The molecule has 1 saturated heterocycles. The molecule has 1 unspecified atom stereocenters. The van der Waals surface area contributed by atoms with E-state index in [1.165, 1.54) is 18.4 Å². The zero-order chi connectivity index (χ0) is 13.1. The van der Waals surface area contributed by atoms with E-state index in [4.69, 9.17) is 4.74 Å². The maximum atomic E-state index is 5.60. The molecule has 4 heteroatoms. The molecule has 3 nitrogen and oxygen atoms in total. The van der Waals surface area contributed by atoms with Crippen molar-refractivity contribution in [2.45, 2.75) is 25.9 Å². The maximum absolute atomic E-state index is 5.60. The lowest BCUT2D eigenvalue weighted by Crippen LogP contribution is -2.18. The molecule has 1 fully saturated rings. The van der Waals surface area contributed by atoms with Crippen LogP contribution >= 0.6 is 11.3 Å². The zero-order valence-corrected chi connectivity index (χ0v) is 11.9. The number of nitrogens with zero attached hydrogens (tertiary/aromatic N) is 1. The van der Waals surface area contributed by atoms with Crippen LogP contribution in [0.3, 0.4) is 0 Å². The Kier molecular flexibility index (Phi) is 3.80. The normalized spacial score (nSPS) is 18.7. The van der Waals surface area contributed by atoms with Crippen LogP contribution < -0.4 is 5.32 Å². The van der Waals surface area contributed by atoms with Gasteiger partial charge in [0, 0.05) is 29.8 Å². The smallest absolute Gasteiger partial charge is 0.0901 e. The monoisotopic (exact) mass is 274 g/mol. The molecule has 0 bridgehead atoms. The van der Waals surface area contributed by atoms with E-state index >= 15 is 0 Å². The van der Waals surface area contributed by atoms with Crippen molar-refractivity contribution in [2.75, 3.05) is 18.5 Å². The van der Waals surface area contributed by atoms with Gasteiger partial charge in [-0.1, -0.05) is 12.1 Å². The molecule has 0 amide bonds. The summed E-state index contributed by atoms with van der Waals surface area (Å²) in [6, 6.07) is 8.45. The summed E-state index contributed by atoms with van der Waals surface area (Å²) >= 11 is 1.69. The minimum atomic E-state index is 0.376. The van der Waals surface area contributed by atoms with Crippen LogP contribution in [0.4, 0.5) is 5.69 Å². The highest BCUT2D eigenvalue weighted by Crippen LogP contribution is 2.23. The first-order chi connectivity index (χ1) is 9.31. The lowest BCUT2D eigenvalue weighted by Gasteiger charge is -2.12. The van der Waals surface area contributed by atoms with Gasteiger partial charge in [-0.25, -0.2) is 4.98 Å². The fourth-order valence-electron chi connectivity index (χ4n) is 2.29. The fraction of sp³-hybridized carbons (Fsp3) is 0.400. The predicted molar refractivity (Wildman–Crippen MR) is 79.8 cm³/mol. The number of thiazole rings is 1. The number of hydrogen-bond acceptors (Lipinski definition) is 4. The summed E-state index contributed by atoms with van der Waals surface area (Å²) in [5, 5.41) is 6.64. The number of nitrogens with one attached hydrogen (secondary N) is 1. The van der Waals surface area contributed by atoms with Gasteiger partial charge in [-0.05, 0) is 31.9 Å². The first-order valence-electron chi connectivity index (χ1n) is 6.69. The van der Waals surface area contributed by atoms with Crippen molar-refractivity contribution >= 4 is 17.0 Å². The minimum Gasteiger partial charge on any atom is -0.382 e. The van der Waals surface area contributed by atoms with Gasteiger partial charge in [-0.15, -0.1) is 11.3 Å². The van der Waals surface area contributed by atoms with Gasteiger partial charge in [0.25, 0.3) is 0 Å². The average molecular weight is 274 g/mol. The van der Waals surface area contributed by atoms with Crippen LogP contribution in [-0.2, 0) is 4.74 Å². The zero-order valence-electron chi connectivity index (χ0n) is 11.1. The molecule has 1 aromatic heterocycles. The second-order valence-electron chi connectivity index (χ2n) is 4.85. The Morgan fingerprint density at radius 2 is 2.21 bits per heavy atom. The molecule has 0 aliphatic carbocycles. The number of aromatic nitrogens is 1. The first-order valence-corrected chi connectivity index (χ1v) is 7.57. The van der Waals surface area contributed by atoms with E-state index in [1.54, 1.807) is 11.3 Å². The van der Waals surface area contributed by atoms with Crippen LogP contribution in [0, 0.1) is 6.92 Å². The van der Waals surface area contributed by atoms with Crippen LogP contribution in [0.2, 0.25) is 0 Å². The van der Waals surface area contributed by atoms with Crippen molar-refractivity contribution in [3.63, 3.8) is 0 Å². The van der Waals surface area contributed by atoms with Crippen molar-refractivity contribution in [3.8, 4) is 11.3 Å². The van der Waals surface area contributed by atoms with Gasteiger partial charge in [0.1, 0.15) is 0 Å². The highest BCUT2D eigenvalue weighted by Gasteiger charge is 2.14.